The van der Waals surface area contributed by atoms with Crippen LogP contribution in [0.15, 0.2) is 59.5 Å². The smallest absolute Gasteiger partial charge is 0.275 e. The molecule has 0 saturated heterocycles. The number of aromatic nitrogens is 2. The molecule has 0 unspecified atom stereocenters. The first-order valence-corrected chi connectivity index (χ1v) is 7.77. The fourth-order valence-corrected chi connectivity index (χ4v) is 2.91. The van der Waals surface area contributed by atoms with Crippen LogP contribution in [0.3, 0.4) is 0 Å². The number of hydrogen-bond donors (Lipinski definition) is 1. The fourth-order valence-electron chi connectivity index (χ4n) is 2.91. The maximum Gasteiger partial charge on any atom is 0.275 e. The van der Waals surface area contributed by atoms with Crippen LogP contribution in [0.5, 0.6) is 0 Å². The van der Waals surface area contributed by atoms with Crippen molar-refractivity contribution in [3.8, 4) is 0 Å². The summed E-state index contributed by atoms with van der Waals surface area (Å²) >= 11 is 0. The van der Waals surface area contributed by atoms with E-state index in [1.807, 2.05) is 6.07 Å². The minimum absolute atomic E-state index is 0.0851. The molecule has 1 N–H and O–H groups in total. The van der Waals surface area contributed by atoms with Gasteiger partial charge in [-0.05, 0) is 18.2 Å². The molecule has 2 heterocycles. The third kappa shape index (κ3) is 2.65. The number of rotatable bonds is 2. The Balaban J connectivity index is 1.68. The van der Waals surface area contributed by atoms with Crippen LogP contribution in [-0.2, 0) is 16.1 Å². The highest BCUT2D eigenvalue weighted by atomic mass is 16.2. The van der Waals surface area contributed by atoms with Gasteiger partial charge in [-0.1, -0.05) is 30.3 Å². The van der Waals surface area contributed by atoms with Crippen LogP contribution in [0.1, 0.15) is 0 Å². The number of carbonyl (C=O) groups excluding carboxylic acids is 2. The van der Waals surface area contributed by atoms with Crippen LogP contribution in [0.2, 0.25) is 0 Å². The third-order valence-corrected chi connectivity index (χ3v) is 4.12. The Kier molecular flexibility index (Phi) is 3.53. The molecule has 124 valence electrons. The molecule has 1 aromatic heterocycles. The largest absolute Gasteiger partial charge is 0.323 e. The van der Waals surface area contributed by atoms with E-state index in [0.29, 0.717) is 16.8 Å². The maximum absolute atomic E-state index is 12.7. The highest BCUT2D eigenvalue weighted by Gasteiger charge is 2.27. The van der Waals surface area contributed by atoms with Crippen molar-refractivity contribution in [3.05, 3.63) is 65.1 Å². The Hall–Kier alpha value is -3.48. The van der Waals surface area contributed by atoms with Crippen LogP contribution in [0.4, 0.5) is 11.4 Å². The Labute approximate surface area is 142 Å². The molecule has 1 aliphatic heterocycles. The van der Waals surface area contributed by atoms with Gasteiger partial charge in [0.2, 0.25) is 11.8 Å². The van der Waals surface area contributed by atoms with Gasteiger partial charge in [-0.3, -0.25) is 19.3 Å². The third-order valence-electron chi connectivity index (χ3n) is 4.12. The second-order valence-electron chi connectivity index (χ2n) is 5.74. The van der Waals surface area contributed by atoms with E-state index in [9.17, 15) is 14.4 Å². The fraction of sp³-hybridized carbons (Fsp3) is 0.111. The van der Waals surface area contributed by atoms with Crippen LogP contribution in [-0.4, -0.2) is 28.1 Å². The summed E-state index contributed by atoms with van der Waals surface area (Å²) in [5, 5.41) is 8.02. The summed E-state index contributed by atoms with van der Waals surface area (Å²) in [6, 6.07) is 14.1. The SMILES string of the molecule is O=C1CN(C(=O)Cn2ncc3ccccc3c2=O)c2ccccc2N1. The van der Waals surface area contributed by atoms with Gasteiger partial charge in [0, 0.05) is 5.39 Å². The van der Waals surface area contributed by atoms with E-state index in [1.54, 1.807) is 48.7 Å². The van der Waals surface area contributed by atoms with Crippen molar-refractivity contribution in [1.82, 2.24) is 9.78 Å². The summed E-state index contributed by atoms with van der Waals surface area (Å²) in [5.74, 6) is -0.641. The minimum Gasteiger partial charge on any atom is -0.323 e. The highest BCUT2D eigenvalue weighted by Crippen LogP contribution is 2.28. The summed E-state index contributed by atoms with van der Waals surface area (Å²) in [6.45, 7) is -0.316. The Morgan fingerprint density at radius 3 is 2.72 bits per heavy atom. The number of carbonyl (C=O) groups is 2. The summed E-state index contributed by atoms with van der Waals surface area (Å²) in [5.41, 5.74) is 0.855. The molecule has 2 amide bonds. The van der Waals surface area contributed by atoms with E-state index < -0.39 is 0 Å². The molecule has 7 nitrogen and oxygen atoms in total. The molecule has 0 spiro atoms. The lowest BCUT2D eigenvalue weighted by atomic mass is 10.2. The van der Waals surface area contributed by atoms with Crippen molar-refractivity contribution in [1.29, 1.82) is 0 Å². The Morgan fingerprint density at radius 1 is 1.08 bits per heavy atom. The van der Waals surface area contributed by atoms with Crippen molar-refractivity contribution >= 4 is 34.0 Å². The lowest BCUT2D eigenvalue weighted by Gasteiger charge is -2.29. The molecular weight excluding hydrogens is 320 g/mol. The molecule has 4 rings (SSSR count). The van der Waals surface area contributed by atoms with Crippen LogP contribution < -0.4 is 15.8 Å². The van der Waals surface area contributed by atoms with E-state index in [-0.39, 0.29) is 30.5 Å². The van der Waals surface area contributed by atoms with E-state index in [1.165, 1.54) is 4.90 Å². The Morgan fingerprint density at radius 2 is 1.84 bits per heavy atom. The molecule has 25 heavy (non-hydrogen) atoms. The molecule has 0 saturated carbocycles. The highest BCUT2D eigenvalue weighted by molar-refractivity contribution is 6.09. The topological polar surface area (TPSA) is 84.3 Å². The van der Waals surface area contributed by atoms with Gasteiger partial charge in [-0.2, -0.15) is 5.10 Å². The van der Waals surface area contributed by atoms with Gasteiger partial charge >= 0.3 is 0 Å². The predicted octanol–water partition coefficient (Wildman–Crippen LogP) is 1.38. The zero-order valence-electron chi connectivity index (χ0n) is 13.2. The molecule has 0 atom stereocenters. The van der Waals surface area contributed by atoms with Crippen LogP contribution in [0.25, 0.3) is 10.8 Å². The molecule has 0 radical (unpaired) electrons. The summed E-state index contributed by atoms with van der Waals surface area (Å²) in [4.78, 5) is 38.4. The maximum atomic E-state index is 12.7. The van der Waals surface area contributed by atoms with Gasteiger partial charge < -0.3 is 5.32 Å². The van der Waals surface area contributed by atoms with Gasteiger partial charge in [0.05, 0.1) is 23.0 Å². The summed E-state index contributed by atoms with van der Waals surface area (Å²) in [7, 11) is 0. The van der Waals surface area contributed by atoms with Gasteiger partial charge in [0.15, 0.2) is 0 Å². The Bertz CT molecular complexity index is 1060. The molecule has 2 aromatic carbocycles. The number of anilines is 2. The van der Waals surface area contributed by atoms with Crippen molar-refractivity contribution < 1.29 is 9.59 Å². The van der Waals surface area contributed by atoms with Crippen molar-refractivity contribution in [2.75, 3.05) is 16.8 Å². The zero-order valence-corrected chi connectivity index (χ0v) is 13.2. The number of para-hydroxylation sites is 2. The minimum atomic E-state index is -0.368. The first kappa shape index (κ1) is 15.1. The summed E-state index contributed by atoms with van der Waals surface area (Å²) < 4.78 is 1.12. The molecule has 0 aliphatic carbocycles. The van der Waals surface area contributed by atoms with Crippen molar-refractivity contribution in [2.24, 2.45) is 0 Å². The number of hydrogen-bond acceptors (Lipinski definition) is 4. The summed E-state index contributed by atoms with van der Waals surface area (Å²) in [6.07, 6.45) is 1.56. The quantitative estimate of drug-likeness (QED) is 0.767. The molecular formula is C18H14N4O3. The van der Waals surface area contributed by atoms with Gasteiger partial charge in [-0.25, -0.2) is 4.68 Å². The molecule has 0 bridgehead atoms. The second-order valence-corrected chi connectivity index (χ2v) is 5.74. The number of fused-ring (bicyclic) bond motifs is 2. The molecule has 7 heteroatoms. The first-order chi connectivity index (χ1) is 12.1. The monoisotopic (exact) mass is 334 g/mol. The second kappa shape index (κ2) is 5.86. The van der Waals surface area contributed by atoms with Crippen LogP contribution >= 0.6 is 0 Å². The van der Waals surface area contributed by atoms with Crippen molar-refractivity contribution in [2.45, 2.75) is 6.54 Å². The van der Waals surface area contributed by atoms with Crippen LogP contribution in [0, 0.1) is 0 Å². The number of nitrogens with one attached hydrogen (secondary N) is 1. The first-order valence-electron chi connectivity index (χ1n) is 7.77. The van der Waals surface area contributed by atoms with E-state index >= 15 is 0 Å². The number of benzene rings is 2. The predicted molar refractivity (Wildman–Crippen MR) is 93.4 cm³/mol. The number of nitrogens with zero attached hydrogens (tertiary/aromatic N) is 3. The van der Waals surface area contributed by atoms with Crippen molar-refractivity contribution in [3.63, 3.8) is 0 Å². The normalized spacial score (nSPS) is 13.4. The van der Waals surface area contributed by atoms with E-state index in [0.717, 1.165) is 10.1 Å². The molecule has 1 aliphatic rings. The zero-order chi connectivity index (χ0) is 17.4. The lowest BCUT2D eigenvalue weighted by Crippen LogP contribution is -2.44. The standard InChI is InChI=1S/C18H14N4O3/c23-16-10-21(15-8-4-3-7-14(15)20-16)17(24)11-22-18(25)13-6-2-1-5-12(13)9-19-22/h1-9H,10-11H2,(H,20,23). The molecule has 0 fully saturated rings. The van der Waals surface area contributed by atoms with E-state index in [2.05, 4.69) is 10.4 Å². The average Bonchev–Trinajstić information content (AvgIpc) is 2.63. The van der Waals surface area contributed by atoms with E-state index in [4.69, 9.17) is 0 Å². The van der Waals surface area contributed by atoms with Gasteiger partial charge in [0.1, 0.15) is 13.1 Å². The van der Waals surface area contributed by atoms with Gasteiger partial charge in [-0.15, -0.1) is 0 Å². The van der Waals surface area contributed by atoms with Gasteiger partial charge in [0.25, 0.3) is 5.56 Å². The molecule has 3 aromatic rings. The lowest BCUT2D eigenvalue weighted by molar-refractivity contribution is -0.122. The average molecular weight is 334 g/mol. The number of amides is 2.